The molecular formula is C37H55Cl2N3O9. The van der Waals surface area contributed by atoms with E-state index in [1.807, 2.05) is 19.1 Å². The van der Waals surface area contributed by atoms with E-state index in [1.165, 1.54) is 0 Å². The van der Waals surface area contributed by atoms with Crippen LogP contribution in [0.3, 0.4) is 0 Å². The van der Waals surface area contributed by atoms with Gasteiger partial charge in [0.1, 0.15) is 12.4 Å². The topological polar surface area (TPSA) is 155 Å². The van der Waals surface area contributed by atoms with Crippen molar-refractivity contribution >= 4 is 46.7 Å². The molecule has 0 aliphatic rings. The van der Waals surface area contributed by atoms with Crippen LogP contribution in [0.5, 0.6) is 5.75 Å². The molecule has 0 spiro atoms. The molecule has 0 aliphatic carbocycles. The van der Waals surface area contributed by atoms with E-state index in [4.69, 9.17) is 46.9 Å². The Morgan fingerprint density at radius 1 is 0.843 bits per heavy atom. The molecular weight excluding hydrogens is 701 g/mol. The van der Waals surface area contributed by atoms with Gasteiger partial charge in [-0.3, -0.25) is 14.4 Å². The fraction of sp³-hybridized carbons (Fsp3) is 0.622. The lowest BCUT2D eigenvalue weighted by molar-refractivity contribution is -0.137. The number of carbonyl (C=O) groups is 3. The van der Waals surface area contributed by atoms with Crippen molar-refractivity contribution in [1.82, 2.24) is 10.3 Å². The van der Waals surface area contributed by atoms with Gasteiger partial charge in [-0.25, -0.2) is 4.98 Å². The lowest BCUT2D eigenvalue weighted by Crippen LogP contribution is -2.30. The summed E-state index contributed by atoms with van der Waals surface area (Å²) in [6.45, 7) is 13.0. The normalized spacial score (nSPS) is 12.0. The number of carboxylic acid groups (broad SMARTS) is 1. The molecule has 1 heterocycles. The first-order valence-electron chi connectivity index (χ1n) is 17.4. The molecule has 12 nitrogen and oxygen atoms in total. The Hall–Kier alpha value is -3.00. The number of aliphatic carboxylic acids is 1. The van der Waals surface area contributed by atoms with Crippen molar-refractivity contribution in [1.29, 1.82) is 0 Å². The number of pyridine rings is 1. The van der Waals surface area contributed by atoms with Crippen molar-refractivity contribution in [2.75, 3.05) is 77.9 Å². The first-order valence-corrected chi connectivity index (χ1v) is 18.2. The standard InChI is InChI=1S/C37H55Cl2N3O9/c1-27-8-11-41-33(21-27)40-10-6-5-7-34(44)42-26-30(43)22-28(25-35(45)46)29-23-31(38)36(32(39)24-29)51-20-19-50-18-17-49-16-15-48-14-13-47-12-9-37(2,3)4/h8,11,21,23-24,28H,5-7,9-10,12-20,22,25-26H2,1-4H3,(H,40,41)(H,42,44)(H,45,46). The van der Waals surface area contributed by atoms with Gasteiger partial charge in [0.15, 0.2) is 11.5 Å². The summed E-state index contributed by atoms with van der Waals surface area (Å²) in [5, 5.41) is 15.7. The van der Waals surface area contributed by atoms with Crippen LogP contribution in [-0.2, 0) is 33.3 Å². The fourth-order valence-corrected chi connectivity index (χ4v) is 5.32. The zero-order valence-electron chi connectivity index (χ0n) is 30.4. The number of aromatic nitrogens is 1. The second-order valence-corrected chi connectivity index (χ2v) is 14.2. The Labute approximate surface area is 312 Å². The Morgan fingerprint density at radius 2 is 1.43 bits per heavy atom. The summed E-state index contributed by atoms with van der Waals surface area (Å²) in [7, 11) is 0. The molecule has 0 aliphatic heterocycles. The maximum absolute atomic E-state index is 12.7. The summed E-state index contributed by atoms with van der Waals surface area (Å²) >= 11 is 12.9. The lowest BCUT2D eigenvalue weighted by Gasteiger charge is -2.18. The number of carbonyl (C=O) groups excluding carboxylic acids is 2. The molecule has 51 heavy (non-hydrogen) atoms. The van der Waals surface area contributed by atoms with E-state index in [2.05, 4.69) is 36.4 Å². The molecule has 0 radical (unpaired) electrons. The minimum atomic E-state index is -1.08. The summed E-state index contributed by atoms with van der Waals surface area (Å²) in [6.07, 6.45) is 3.98. The molecule has 286 valence electrons. The minimum absolute atomic E-state index is 0.110. The number of halogens is 2. The van der Waals surface area contributed by atoms with Gasteiger partial charge in [-0.1, -0.05) is 44.0 Å². The van der Waals surface area contributed by atoms with E-state index < -0.39 is 11.9 Å². The summed E-state index contributed by atoms with van der Waals surface area (Å²) in [5.74, 6) is -1.30. The third-order valence-electron chi connectivity index (χ3n) is 7.51. The number of ether oxygens (including phenoxy) is 5. The van der Waals surface area contributed by atoms with Crippen molar-refractivity contribution in [3.05, 3.63) is 51.6 Å². The van der Waals surface area contributed by atoms with E-state index in [0.29, 0.717) is 58.2 Å². The number of nitrogens with one attached hydrogen (secondary N) is 2. The van der Waals surface area contributed by atoms with Gasteiger partial charge >= 0.3 is 5.97 Å². The minimum Gasteiger partial charge on any atom is -0.488 e. The first kappa shape index (κ1) is 44.2. The maximum Gasteiger partial charge on any atom is 0.303 e. The number of nitrogens with zero attached hydrogens (tertiary/aromatic N) is 1. The van der Waals surface area contributed by atoms with E-state index in [-0.39, 0.29) is 71.9 Å². The maximum atomic E-state index is 12.7. The molecule has 2 rings (SSSR count). The Bertz CT molecular complexity index is 1320. The predicted octanol–water partition coefficient (Wildman–Crippen LogP) is 6.49. The van der Waals surface area contributed by atoms with Gasteiger partial charge < -0.3 is 39.4 Å². The van der Waals surface area contributed by atoms with Gasteiger partial charge in [-0.2, -0.15) is 0 Å². The van der Waals surface area contributed by atoms with Gasteiger partial charge in [0.05, 0.1) is 69.3 Å². The molecule has 1 unspecified atom stereocenters. The van der Waals surface area contributed by atoms with Gasteiger partial charge in [-0.05, 0) is 67.0 Å². The summed E-state index contributed by atoms with van der Waals surface area (Å²) < 4.78 is 27.8. The molecule has 0 bridgehead atoms. The average molecular weight is 757 g/mol. The number of benzene rings is 1. The van der Waals surface area contributed by atoms with Crippen molar-refractivity contribution in [3.63, 3.8) is 0 Å². The summed E-state index contributed by atoms with van der Waals surface area (Å²) in [4.78, 5) is 40.9. The summed E-state index contributed by atoms with van der Waals surface area (Å²) in [5.41, 5.74) is 1.86. The zero-order chi connectivity index (χ0) is 37.5. The molecule has 14 heteroatoms. The van der Waals surface area contributed by atoms with Gasteiger partial charge in [0.2, 0.25) is 5.91 Å². The van der Waals surface area contributed by atoms with Crippen LogP contribution in [-0.4, -0.2) is 100 Å². The highest BCUT2D eigenvalue weighted by Crippen LogP contribution is 2.38. The van der Waals surface area contributed by atoms with Crippen LogP contribution in [0, 0.1) is 12.3 Å². The predicted molar refractivity (Wildman–Crippen MR) is 198 cm³/mol. The largest absolute Gasteiger partial charge is 0.488 e. The van der Waals surface area contributed by atoms with Crippen LogP contribution >= 0.6 is 23.2 Å². The molecule has 1 aromatic heterocycles. The number of hydrogen-bond acceptors (Lipinski definition) is 10. The number of rotatable bonds is 28. The van der Waals surface area contributed by atoms with Crippen LogP contribution < -0.4 is 15.4 Å². The number of unbranched alkanes of at least 4 members (excludes halogenated alkanes) is 1. The quantitative estimate of drug-likeness (QED) is 0.0816. The van der Waals surface area contributed by atoms with E-state index in [1.54, 1.807) is 18.3 Å². The molecule has 1 atom stereocenters. The van der Waals surface area contributed by atoms with Gasteiger partial charge in [0.25, 0.3) is 0 Å². The lowest BCUT2D eigenvalue weighted by atomic mass is 9.90. The Morgan fingerprint density at radius 3 is 2.00 bits per heavy atom. The van der Waals surface area contributed by atoms with Crippen molar-refractivity contribution < 1.29 is 43.2 Å². The molecule has 1 amide bonds. The van der Waals surface area contributed by atoms with E-state index >= 15 is 0 Å². The number of amides is 1. The number of hydrogen-bond donors (Lipinski definition) is 3. The van der Waals surface area contributed by atoms with Crippen molar-refractivity contribution in [2.24, 2.45) is 5.41 Å². The second kappa shape index (κ2) is 25.1. The Balaban J connectivity index is 1.64. The molecule has 2 aromatic rings. The number of aryl methyl sites for hydroxylation is 1. The van der Waals surface area contributed by atoms with E-state index in [9.17, 15) is 19.5 Å². The van der Waals surface area contributed by atoms with Crippen LogP contribution in [0.15, 0.2) is 30.5 Å². The van der Waals surface area contributed by atoms with Gasteiger partial charge in [-0.15, -0.1) is 0 Å². The zero-order valence-corrected chi connectivity index (χ0v) is 31.9. The smallest absolute Gasteiger partial charge is 0.303 e. The van der Waals surface area contributed by atoms with Crippen LogP contribution in [0.4, 0.5) is 5.82 Å². The van der Waals surface area contributed by atoms with E-state index in [0.717, 1.165) is 30.8 Å². The highest BCUT2D eigenvalue weighted by molar-refractivity contribution is 6.37. The first-order chi connectivity index (χ1) is 24.3. The van der Waals surface area contributed by atoms with Crippen LogP contribution in [0.25, 0.3) is 0 Å². The van der Waals surface area contributed by atoms with Crippen LogP contribution in [0.1, 0.15) is 76.3 Å². The molecule has 1 aromatic carbocycles. The Kier molecular flexibility index (Phi) is 21.7. The van der Waals surface area contributed by atoms with Crippen LogP contribution in [0.2, 0.25) is 10.0 Å². The SMILES string of the molecule is Cc1ccnc(NCCCCC(=O)NCC(=O)CC(CC(=O)O)c2cc(Cl)c(OCCOCCOCCOCCOCCC(C)(C)C)c(Cl)c2)c1. The number of anilines is 1. The number of Topliss-reactive ketones (excluding diaryl/α,β-unsaturated/α-hetero) is 1. The third kappa shape index (κ3) is 21.2. The number of carboxylic acids is 1. The molecule has 0 saturated carbocycles. The van der Waals surface area contributed by atoms with Gasteiger partial charge in [0, 0.05) is 38.1 Å². The highest BCUT2D eigenvalue weighted by Gasteiger charge is 2.22. The monoisotopic (exact) mass is 755 g/mol. The van der Waals surface area contributed by atoms with Crippen molar-refractivity contribution in [2.45, 2.75) is 72.1 Å². The molecule has 3 N–H and O–H groups in total. The number of ketones is 1. The summed E-state index contributed by atoms with van der Waals surface area (Å²) in [6, 6.07) is 6.97. The highest BCUT2D eigenvalue weighted by atomic mass is 35.5. The average Bonchev–Trinajstić information content (AvgIpc) is 3.05. The molecule has 0 saturated heterocycles. The molecule has 0 fully saturated rings. The fourth-order valence-electron chi connectivity index (χ4n) is 4.71. The second-order valence-electron chi connectivity index (χ2n) is 13.3. The van der Waals surface area contributed by atoms with Crippen molar-refractivity contribution in [3.8, 4) is 5.75 Å². The third-order valence-corrected chi connectivity index (χ3v) is 8.07.